The number of thioether (sulfide) groups is 1. The van der Waals surface area contributed by atoms with Gasteiger partial charge in [0.15, 0.2) is 5.16 Å². The van der Waals surface area contributed by atoms with Gasteiger partial charge in [0.25, 0.3) is 0 Å². The summed E-state index contributed by atoms with van der Waals surface area (Å²) in [7, 11) is 0. The SMILES string of the molecule is CCOC(=O)C1=C(CSc2nnc3n2CCCCC3)NC(=O)N[C@@H]1CC. The maximum Gasteiger partial charge on any atom is 0.337 e. The van der Waals surface area contributed by atoms with E-state index in [0.717, 1.165) is 36.8 Å². The summed E-state index contributed by atoms with van der Waals surface area (Å²) in [5, 5.41) is 15.0. The predicted octanol–water partition coefficient (Wildman–Crippen LogP) is 2.01. The number of esters is 1. The molecule has 1 aromatic heterocycles. The average molecular weight is 379 g/mol. The molecule has 8 nitrogen and oxygen atoms in total. The summed E-state index contributed by atoms with van der Waals surface area (Å²) in [5.74, 6) is 1.07. The van der Waals surface area contributed by atoms with E-state index >= 15 is 0 Å². The van der Waals surface area contributed by atoms with E-state index in [4.69, 9.17) is 4.74 Å². The molecule has 0 bridgehead atoms. The number of aromatic nitrogens is 3. The molecule has 3 heterocycles. The van der Waals surface area contributed by atoms with Crippen molar-refractivity contribution >= 4 is 23.8 Å². The number of hydrogen-bond donors (Lipinski definition) is 2. The van der Waals surface area contributed by atoms with E-state index in [1.807, 2.05) is 6.92 Å². The zero-order chi connectivity index (χ0) is 18.5. The zero-order valence-electron chi connectivity index (χ0n) is 15.2. The highest BCUT2D eigenvalue weighted by molar-refractivity contribution is 7.99. The van der Waals surface area contributed by atoms with Crippen molar-refractivity contribution < 1.29 is 14.3 Å². The highest BCUT2D eigenvalue weighted by atomic mass is 32.2. The largest absolute Gasteiger partial charge is 0.463 e. The van der Waals surface area contributed by atoms with Crippen molar-refractivity contribution in [2.24, 2.45) is 0 Å². The summed E-state index contributed by atoms with van der Waals surface area (Å²) < 4.78 is 7.35. The minimum atomic E-state index is -0.387. The molecule has 0 aromatic carbocycles. The van der Waals surface area contributed by atoms with Gasteiger partial charge in [0.2, 0.25) is 0 Å². The van der Waals surface area contributed by atoms with Gasteiger partial charge in [-0.3, -0.25) is 0 Å². The van der Waals surface area contributed by atoms with Gasteiger partial charge in [-0.2, -0.15) is 0 Å². The summed E-state index contributed by atoms with van der Waals surface area (Å²) >= 11 is 1.49. The van der Waals surface area contributed by atoms with Crippen molar-refractivity contribution in [2.75, 3.05) is 12.4 Å². The third-order valence-corrected chi connectivity index (χ3v) is 5.56. The molecular formula is C17H25N5O3S. The average Bonchev–Trinajstić information content (AvgIpc) is 2.85. The number of carbonyl (C=O) groups is 2. The number of amides is 2. The maximum atomic E-state index is 12.4. The normalized spacial score (nSPS) is 20.1. The minimum Gasteiger partial charge on any atom is -0.463 e. The molecule has 3 rings (SSSR count). The van der Waals surface area contributed by atoms with Crippen molar-refractivity contribution in [3.05, 3.63) is 17.1 Å². The van der Waals surface area contributed by atoms with Crippen molar-refractivity contribution in [3.8, 4) is 0 Å². The van der Waals surface area contributed by atoms with Crippen LogP contribution in [0.1, 0.15) is 45.4 Å². The van der Waals surface area contributed by atoms with Gasteiger partial charge in [-0.05, 0) is 26.2 Å². The van der Waals surface area contributed by atoms with Crippen LogP contribution in [0.4, 0.5) is 4.79 Å². The molecule has 2 aliphatic rings. The third kappa shape index (κ3) is 4.03. The molecule has 0 saturated heterocycles. The first-order chi connectivity index (χ1) is 12.6. The number of carbonyl (C=O) groups excluding carboxylic acids is 2. The molecule has 26 heavy (non-hydrogen) atoms. The smallest absolute Gasteiger partial charge is 0.337 e. The monoisotopic (exact) mass is 379 g/mol. The van der Waals surface area contributed by atoms with E-state index in [2.05, 4.69) is 25.4 Å². The Morgan fingerprint density at radius 3 is 2.92 bits per heavy atom. The standard InChI is InChI=1S/C17H25N5O3S/c1-3-11-14(15(23)25-4-2)12(19-16(24)18-11)10-26-17-21-20-13-8-6-5-7-9-22(13)17/h11H,3-10H2,1-2H3,(H2,18,19,24)/t11-/m1/s1. The fourth-order valence-corrected chi connectivity index (χ4v) is 4.23. The Labute approximate surface area is 157 Å². The Balaban J connectivity index is 1.82. The Bertz CT molecular complexity index is 715. The molecule has 9 heteroatoms. The van der Waals surface area contributed by atoms with Gasteiger partial charge >= 0.3 is 12.0 Å². The lowest BCUT2D eigenvalue weighted by Gasteiger charge is -2.28. The molecule has 1 atom stereocenters. The number of fused-ring (bicyclic) bond motifs is 1. The Kier molecular flexibility index (Phi) is 6.18. The molecule has 2 N–H and O–H groups in total. The number of nitrogens with one attached hydrogen (secondary N) is 2. The van der Waals surface area contributed by atoms with Crippen LogP contribution in [0.5, 0.6) is 0 Å². The van der Waals surface area contributed by atoms with Gasteiger partial charge in [0.05, 0.1) is 18.2 Å². The third-order valence-electron chi connectivity index (χ3n) is 4.57. The number of urea groups is 1. The second-order valence-electron chi connectivity index (χ2n) is 6.32. The molecule has 0 aliphatic carbocycles. The van der Waals surface area contributed by atoms with E-state index in [1.54, 1.807) is 6.92 Å². The van der Waals surface area contributed by atoms with Crippen LogP contribution in [0.2, 0.25) is 0 Å². The molecule has 0 spiro atoms. The topological polar surface area (TPSA) is 98.1 Å². The first-order valence-corrected chi connectivity index (χ1v) is 10.1. The summed E-state index contributed by atoms with van der Waals surface area (Å²) in [6, 6.07) is -0.630. The Morgan fingerprint density at radius 1 is 1.31 bits per heavy atom. The summed E-state index contributed by atoms with van der Waals surface area (Å²) in [6.45, 7) is 4.91. The molecule has 0 fully saturated rings. The predicted molar refractivity (Wildman–Crippen MR) is 97.7 cm³/mol. The molecule has 1 aromatic rings. The van der Waals surface area contributed by atoms with Crippen LogP contribution in [0.15, 0.2) is 16.4 Å². The van der Waals surface area contributed by atoms with E-state index in [1.165, 1.54) is 18.2 Å². The van der Waals surface area contributed by atoms with Crippen molar-refractivity contribution in [1.82, 2.24) is 25.4 Å². The van der Waals surface area contributed by atoms with Crippen molar-refractivity contribution in [3.63, 3.8) is 0 Å². The first-order valence-electron chi connectivity index (χ1n) is 9.16. The van der Waals surface area contributed by atoms with Crippen LogP contribution in [0.3, 0.4) is 0 Å². The van der Waals surface area contributed by atoms with Crippen LogP contribution in [0, 0.1) is 0 Å². The fraction of sp³-hybridized carbons (Fsp3) is 0.647. The molecule has 0 unspecified atom stereocenters. The molecule has 0 radical (unpaired) electrons. The van der Waals surface area contributed by atoms with Gasteiger partial charge in [-0.25, -0.2) is 9.59 Å². The van der Waals surface area contributed by atoms with Crippen LogP contribution in [-0.2, 0) is 22.5 Å². The zero-order valence-corrected chi connectivity index (χ0v) is 16.0. The molecule has 142 valence electrons. The van der Waals surface area contributed by atoms with Gasteiger partial charge in [0, 0.05) is 24.4 Å². The van der Waals surface area contributed by atoms with Crippen LogP contribution in [0.25, 0.3) is 0 Å². The van der Waals surface area contributed by atoms with E-state index in [9.17, 15) is 9.59 Å². The maximum absolute atomic E-state index is 12.4. The van der Waals surface area contributed by atoms with Crippen LogP contribution >= 0.6 is 11.8 Å². The van der Waals surface area contributed by atoms with Gasteiger partial charge in [-0.1, -0.05) is 25.1 Å². The lowest BCUT2D eigenvalue weighted by atomic mass is 10.0. The van der Waals surface area contributed by atoms with Crippen LogP contribution in [-0.4, -0.2) is 45.2 Å². The Hall–Kier alpha value is -2.03. The summed E-state index contributed by atoms with van der Waals surface area (Å²) in [6.07, 6.45) is 5.03. The molecule has 2 aliphatic heterocycles. The molecular weight excluding hydrogens is 354 g/mol. The van der Waals surface area contributed by atoms with Crippen LogP contribution < -0.4 is 10.6 Å². The number of nitrogens with zero attached hydrogens (tertiary/aromatic N) is 3. The van der Waals surface area contributed by atoms with E-state index in [-0.39, 0.29) is 18.0 Å². The van der Waals surface area contributed by atoms with Crippen molar-refractivity contribution in [2.45, 2.75) is 63.7 Å². The first kappa shape index (κ1) is 18.8. The fourth-order valence-electron chi connectivity index (χ4n) is 3.28. The second-order valence-corrected chi connectivity index (χ2v) is 7.26. The van der Waals surface area contributed by atoms with E-state index < -0.39 is 0 Å². The van der Waals surface area contributed by atoms with E-state index in [0.29, 0.717) is 30.1 Å². The molecule has 2 amide bonds. The highest BCUT2D eigenvalue weighted by Gasteiger charge is 2.31. The lowest BCUT2D eigenvalue weighted by Crippen LogP contribution is -2.50. The highest BCUT2D eigenvalue weighted by Crippen LogP contribution is 2.26. The van der Waals surface area contributed by atoms with Gasteiger partial charge < -0.3 is 19.9 Å². The lowest BCUT2D eigenvalue weighted by molar-refractivity contribution is -0.139. The molecule has 0 saturated carbocycles. The number of rotatable bonds is 6. The summed E-state index contributed by atoms with van der Waals surface area (Å²) in [5.41, 5.74) is 1.09. The van der Waals surface area contributed by atoms with Gasteiger partial charge in [-0.15, -0.1) is 10.2 Å². The minimum absolute atomic E-state index is 0.291. The van der Waals surface area contributed by atoms with Crippen molar-refractivity contribution in [1.29, 1.82) is 0 Å². The van der Waals surface area contributed by atoms with Gasteiger partial charge in [0.1, 0.15) is 5.82 Å². The number of ether oxygens (including phenoxy) is 1. The summed E-state index contributed by atoms with van der Waals surface area (Å²) in [4.78, 5) is 24.4. The second kappa shape index (κ2) is 8.57. The number of aryl methyl sites for hydroxylation is 1. The Morgan fingerprint density at radius 2 is 2.15 bits per heavy atom. The quantitative estimate of drug-likeness (QED) is 0.579. The number of hydrogen-bond acceptors (Lipinski definition) is 6.